The Balaban J connectivity index is 2.29. The maximum Gasteiger partial charge on any atom is 0.0434 e. The number of aryl methyl sites for hydroxylation is 1. The van der Waals surface area contributed by atoms with E-state index in [4.69, 9.17) is 16.7 Å². The summed E-state index contributed by atoms with van der Waals surface area (Å²) in [5, 5.41) is 9.90. The van der Waals surface area contributed by atoms with Gasteiger partial charge in [0.25, 0.3) is 0 Å². The Labute approximate surface area is 115 Å². The van der Waals surface area contributed by atoms with Crippen molar-refractivity contribution >= 4 is 17.3 Å². The number of aliphatic hydroxyl groups excluding tert-OH is 1. The van der Waals surface area contributed by atoms with Crippen molar-refractivity contribution in [3.05, 3.63) is 28.8 Å². The predicted molar refractivity (Wildman–Crippen MR) is 77.4 cm³/mol. The molecule has 3 heteroatoms. The maximum atomic E-state index is 9.11. The van der Waals surface area contributed by atoms with Crippen LogP contribution >= 0.6 is 11.6 Å². The van der Waals surface area contributed by atoms with Gasteiger partial charge in [-0.1, -0.05) is 17.7 Å². The minimum atomic E-state index is 0.134. The molecule has 1 saturated heterocycles. The van der Waals surface area contributed by atoms with Gasteiger partial charge in [0.2, 0.25) is 0 Å². The van der Waals surface area contributed by atoms with Gasteiger partial charge in [-0.25, -0.2) is 0 Å². The first-order valence-electron chi connectivity index (χ1n) is 6.58. The third-order valence-electron chi connectivity index (χ3n) is 3.96. The summed E-state index contributed by atoms with van der Waals surface area (Å²) in [5.74, 6) is 0.573. The molecule has 18 heavy (non-hydrogen) atoms. The molecule has 1 aliphatic rings. The summed E-state index contributed by atoms with van der Waals surface area (Å²) in [6.45, 7) is 7.95. The second kappa shape index (κ2) is 5.10. The van der Waals surface area contributed by atoms with Crippen LogP contribution < -0.4 is 4.90 Å². The third-order valence-corrected chi connectivity index (χ3v) is 4.19. The molecule has 0 radical (unpaired) electrons. The van der Waals surface area contributed by atoms with E-state index < -0.39 is 0 Å². The van der Waals surface area contributed by atoms with E-state index in [0.29, 0.717) is 5.92 Å². The minimum Gasteiger partial charge on any atom is -0.396 e. The summed E-state index contributed by atoms with van der Waals surface area (Å²) in [7, 11) is 0. The van der Waals surface area contributed by atoms with Gasteiger partial charge in [-0.15, -0.1) is 0 Å². The second-order valence-corrected chi connectivity index (χ2v) is 6.37. The van der Waals surface area contributed by atoms with Gasteiger partial charge in [-0.3, -0.25) is 0 Å². The molecule has 2 rings (SSSR count). The fourth-order valence-electron chi connectivity index (χ4n) is 3.06. The Bertz CT molecular complexity index is 431. The molecule has 1 fully saturated rings. The van der Waals surface area contributed by atoms with Crippen molar-refractivity contribution in [1.82, 2.24) is 0 Å². The molecule has 0 saturated carbocycles. The van der Waals surface area contributed by atoms with Crippen molar-refractivity contribution in [1.29, 1.82) is 0 Å². The SMILES string of the molecule is Cc1ccc(Cl)cc1N1CC(CCO)CC1(C)C. The molecule has 0 spiro atoms. The Morgan fingerprint density at radius 2 is 2.17 bits per heavy atom. The Hall–Kier alpha value is -0.730. The van der Waals surface area contributed by atoms with Gasteiger partial charge in [0, 0.05) is 29.4 Å². The summed E-state index contributed by atoms with van der Waals surface area (Å²) < 4.78 is 0. The van der Waals surface area contributed by atoms with Gasteiger partial charge >= 0.3 is 0 Å². The van der Waals surface area contributed by atoms with E-state index in [1.54, 1.807) is 0 Å². The number of aliphatic hydroxyl groups is 1. The largest absolute Gasteiger partial charge is 0.396 e. The van der Waals surface area contributed by atoms with Gasteiger partial charge in [-0.05, 0) is 57.2 Å². The molecule has 0 aromatic heterocycles. The summed E-state index contributed by atoms with van der Waals surface area (Å²) in [4.78, 5) is 2.44. The number of rotatable bonds is 3. The molecule has 1 heterocycles. The van der Waals surface area contributed by atoms with Gasteiger partial charge < -0.3 is 10.0 Å². The maximum absolute atomic E-state index is 9.11. The van der Waals surface area contributed by atoms with Crippen LogP contribution in [0.1, 0.15) is 32.3 Å². The van der Waals surface area contributed by atoms with Gasteiger partial charge in [0.05, 0.1) is 0 Å². The lowest BCUT2D eigenvalue weighted by molar-refractivity contribution is 0.259. The third kappa shape index (κ3) is 2.65. The first kappa shape index (κ1) is 13.7. The molecule has 0 bridgehead atoms. The lowest BCUT2D eigenvalue weighted by atomic mass is 9.94. The molecule has 1 atom stereocenters. The van der Waals surface area contributed by atoms with Crippen molar-refractivity contribution in [2.75, 3.05) is 18.1 Å². The zero-order chi connectivity index (χ0) is 13.3. The lowest BCUT2D eigenvalue weighted by Crippen LogP contribution is -2.38. The van der Waals surface area contributed by atoms with Gasteiger partial charge in [0.1, 0.15) is 0 Å². The van der Waals surface area contributed by atoms with Crippen molar-refractivity contribution in [3.8, 4) is 0 Å². The summed E-state index contributed by atoms with van der Waals surface area (Å²) in [6.07, 6.45) is 2.01. The van der Waals surface area contributed by atoms with Crippen LogP contribution in [0.5, 0.6) is 0 Å². The van der Waals surface area contributed by atoms with Crippen LogP contribution in [0.2, 0.25) is 5.02 Å². The van der Waals surface area contributed by atoms with E-state index in [1.807, 2.05) is 6.07 Å². The van der Waals surface area contributed by atoms with Crippen LogP contribution in [-0.4, -0.2) is 23.8 Å². The number of hydrogen-bond donors (Lipinski definition) is 1. The standard InChI is InChI=1S/C15H22ClNO/c1-11-4-5-13(16)8-14(11)17-10-12(6-7-18)9-15(17,2)3/h4-5,8,12,18H,6-7,9-10H2,1-3H3. The van der Waals surface area contributed by atoms with Gasteiger partial charge in [0.15, 0.2) is 0 Å². The monoisotopic (exact) mass is 267 g/mol. The number of halogens is 1. The van der Waals surface area contributed by atoms with E-state index in [0.717, 1.165) is 24.4 Å². The summed E-state index contributed by atoms with van der Waals surface area (Å²) >= 11 is 6.12. The van der Waals surface area contributed by atoms with Gasteiger partial charge in [-0.2, -0.15) is 0 Å². The molecule has 1 unspecified atom stereocenters. The van der Waals surface area contributed by atoms with Crippen LogP contribution in [0.3, 0.4) is 0 Å². The molecular formula is C15H22ClNO. The molecular weight excluding hydrogens is 246 g/mol. The second-order valence-electron chi connectivity index (χ2n) is 5.94. The van der Waals surface area contributed by atoms with Crippen molar-refractivity contribution in [3.63, 3.8) is 0 Å². The molecule has 0 aliphatic carbocycles. The van der Waals surface area contributed by atoms with Crippen LogP contribution in [-0.2, 0) is 0 Å². The van der Waals surface area contributed by atoms with Crippen LogP contribution in [0.25, 0.3) is 0 Å². The normalized spacial score (nSPS) is 22.5. The van der Waals surface area contributed by atoms with Crippen molar-refractivity contribution in [2.45, 2.75) is 39.2 Å². The molecule has 1 aliphatic heterocycles. The molecule has 0 amide bonds. The number of hydrogen-bond acceptors (Lipinski definition) is 2. The number of anilines is 1. The fourth-order valence-corrected chi connectivity index (χ4v) is 3.23. The Kier molecular flexibility index (Phi) is 3.88. The van der Waals surface area contributed by atoms with E-state index in [2.05, 4.69) is 37.8 Å². The fraction of sp³-hybridized carbons (Fsp3) is 0.600. The smallest absolute Gasteiger partial charge is 0.0434 e. The first-order chi connectivity index (χ1) is 8.44. The van der Waals surface area contributed by atoms with E-state index in [1.165, 1.54) is 11.3 Å². The topological polar surface area (TPSA) is 23.5 Å². The highest BCUT2D eigenvalue weighted by Gasteiger charge is 2.38. The first-order valence-corrected chi connectivity index (χ1v) is 6.96. The van der Waals surface area contributed by atoms with E-state index in [9.17, 15) is 0 Å². The van der Waals surface area contributed by atoms with Crippen LogP contribution in [0.15, 0.2) is 18.2 Å². The highest BCUT2D eigenvalue weighted by atomic mass is 35.5. The van der Waals surface area contributed by atoms with Crippen LogP contribution in [0, 0.1) is 12.8 Å². The van der Waals surface area contributed by atoms with E-state index in [-0.39, 0.29) is 12.1 Å². The Morgan fingerprint density at radius 1 is 1.44 bits per heavy atom. The quantitative estimate of drug-likeness (QED) is 0.904. The van der Waals surface area contributed by atoms with Crippen molar-refractivity contribution in [2.24, 2.45) is 5.92 Å². The zero-order valence-corrected chi connectivity index (χ0v) is 12.2. The van der Waals surface area contributed by atoms with Crippen LogP contribution in [0.4, 0.5) is 5.69 Å². The van der Waals surface area contributed by atoms with Crippen molar-refractivity contribution < 1.29 is 5.11 Å². The van der Waals surface area contributed by atoms with E-state index >= 15 is 0 Å². The molecule has 1 aromatic carbocycles. The Morgan fingerprint density at radius 3 is 2.83 bits per heavy atom. The molecule has 100 valence electrons. The minimum absolute atomic E-state index is 0.134. The number of benzene rings is 1. The summed E-state index contributed by atoms with van der Waals surface area (Å²) in [5.41, 5.74) is 2.63. The molecule has 1 aromatic rings. The lowest BCUT2D eigenvalue weighted by Gasteiger charge is -2.34. The highest BCUT2D eigenvalue weighted by molar-refractivity contribution is 6.30. The zero-order valence-electron chi connectivity index (χ0n) is 11.4. The molecule has 1 N–H and O–H groups in total. The average Bonchev–Trinajstić information content (AvgIpc) is 2.57. The highest BCUT2D eigenvalue weighted by Crippen LogP contribution is 2.40. The predicted octanol–water partition coefficient (Wildman–Crippen LogP) is 3.64. The molecule has 2 nitrogen and oxygen atoms in total. The summed E-state index contributed by atoms with van der Waals surface area (Å²) in [6, 6.07) is 6.07. The average molecular weight is 268 g/mol. The number of nitrogens with zero attached hydrogens (tertiary/aromatic N) is 1.